The van der Waals surface area contributed by atoms with Gasteiger partial charge in [-0.25, -0.2) is 18.7 Å². The maximum atomic E-state index is 14.1. The summed E-state index contributed by atoms with van der Waals surface area (Å²) in [6.45, 7) is 0.788. The summed E-state index contributed by atoms with van der Waals surface area (Å²) >= 11 is 35.7. The number of aliphatic hydroxyl groups is 1. The van der Waals surface area contributed by atoms with Gasteiger partial charge in [-0.3, -0.25) is 0 Å². The van der Waals surface area contributed by atoms with Crippen LogP contribution in [0.15, 0.2) is 61.4 Å². The normalized spacial score (nSPS) is 21.7. The van der Waals surface area contributed by atoms with Gasteiger partial charge < -0.3 is 19.4 Å². The summed E-state index contributed by atoms with van der Waals surface area (Å²) in [7, 11) is 0. The molecular formula is C30H28Cl6F2N4O2. The van der Waals surface area contributed by atoms with Gasteiger partial charge >= 0.3 is 0 Å². The number of aromatic amines is 1. The van der Waals surface area contributed by atoms with Crippen LogP contribution in [0.1, 0.15) is 36.8 Å². The van der Waals surface area contributed by atoms with Gasteiger partial charge in [0.2, 0.25) is 0 Å². The van der Waals surface area contributed by atoms with Crippen LogP contribution >= 0.6 is 69.6 Å². The minimum atomic E-state index is -1.33. The Morgan fingerprint density at radius 1 is 0.909 bits per heavy atom. The molecule has 236 valence electrons. The summed E-state index contributed by atoms with van der Waals surface area (Å²) in [4.78, 5) is 9.20. The fourth-order valence-corrected chi connectivity index (χ4v) is 6.07. The van der Waals surface area contributed by atoms with E-state index in [4.69, 9.17) is 74.3 Å². The maximum absolute atomic E-state index is 14.1. The van der Waals surface area contributed by atoms with Crippen LogP contribution in [0, 0.1) is 11.6 Å². The molecule has 2 N–H and O–H groups in total. The largest absolute Gasteiger partial charge is 0.386 e. The molecule has 14 heteroatoms. The molecule has 44 heavy (non-hydrogen) atoms. The summed E-state index contributed by atoms with van der Waals surface area (Å²) in [5.74, 6) is -0.730. The predicted octanol–water partition coefficient (Wildman–Crippen LogP) is 8.70. The van der Waals surface area contributed by atoms with Crippen molar-refractivity contribution in [3.63, 3.8) is 0 Å². The quantitative estimate of drug-likeness (QED) is 0.141. The van der Waals surface area contributed by atoms with Gasteiger partial charge in [0.25, 0.3) is 0 Å². The van der Waals surface area contributed by atoms with Crippen molar-refractivity contribution in [2.24, 2.45) is 0 Å². The van der Waals surface area contributed by atoms with Crippen molar-refractivity contribution in [3.8, 4) is 0 Å². The highest BCUT2D eigenvalue weighted by Crippen LogP contribution is 2.59. The van der Waals surface area contributed by atoms with Crippen molar-refractivity contribution in [1.82, 2.24) is 19.5 Å². The molecule has 0 radical (unpaired) electrons. The number of alkyl halides is 2. The van der Waals surface area contributed by atoms with Gasteiger partial charge in [0.1, 0.15) is 33.1 Å². The van der Waals surface area contributed by atoms with E-state index in [-0.39, 0.29) is 29.3 Å². The van der Waals surface area contributed by atoms with E-state index in [1.54, 1.807) is 35.0 Å². The van der Waals surface area contributed by atoms with Gasteiger partial charge in [0.05, 0.1) is 47.9 Å². The minimum absolute atomic E-state index is 0.0774. The third-order valence-electron chi connectivity index (χ3n) is 8.07. The number of hydrogen-bond donors (Lipinski definition) is 2. The van der Waals surface area contributed by atoms with Crippen LogP contribution in [-0.4, -0.2) is 52.2 Å². The zero-order valence-corrected chi connectivity index (χ0v) is 27.7. The number of aromatic nitrogens is 4. The third-order valence-corrected chi connectivity index (χ3v) is 10.5. The number of rotatable bonds is 8. The Bertz CT molecular complexity index is 1590. The lowest BCUT2D eigenvalue weighted by molar-refractivity contribution is 0.0102. The van der Waals surface area contributed by atoms with Crippen LogP contribution in [0.4, 0.5) is 8.78 Å². The molecule has 3 fully saturated rings. The monoisotopic (exact) mass is 724 g/mol. The Morgan fingerprint density at radius 3 is 1.93 bits per heavy atom. The molecule has 1 saturated heterocycles. The van der Waals surface area contributed by atoms with Crippen LogP contribution in [-0.2, 0) is 24.1 Å². The number of nitrogens with zero attached hydrogens (tertiary/aromatic N) is 3. The zero-order chi connectivity index (χ0) is 31.8. The SMILES string of the molecule is Clc1cnc[nH]1.Fc1cc(Cl)ccc1CC1(C2(Cl)CC2)CO1.OC(Cc1ccc(Cl)cc1F)(Cn1cncc1Cl)C1(Cl)CC1. The van der Waals surface area contributed by atoms with Crippen LogP contribution in [0.3, 0.4) is 0 Å². The van der Waals surface area contributed by atoms with E-state index in [0.29, 0.717) is 57.3 Å². The first-order valence-electron chi connectivity index (χ1n) is 13.7. The Labute approximate surface area is 283 Å². The highest BCUT2D eigenvalue weighted by atomic mass is 35.5. The van der Waals surface area contributed by atoms with Crippen LogP contribution < -0.4 is 0 Å². The highest BCUT2D eigenvalue weighted by Gasteiger charge is 2.67. The van der Waals surface area contributed by atoms with E-state index >= 15 is 0 Å². The van der Waals surface area contributed by atoms with E-state index in [0.717, 1.165) is 12.8 Å². The van der Waals surface area contributed by atoms with Gasteiger partial charge in [-0.2, -0.15) is 0 Å². The smallest absolute Gasteiger partial charge is 0.128 e. The second-order valence-corrected chi connectivity index (χ2v) is 14.4. The lowest BCUT2D eigenvalue weighted by Crippen LogP contribution is -2.47. The Morgan fingerprint density at radius 2 is 1.52 bits per heavy atom. The van der Waals surface area contributed by atoms with Gasteiger partial charge in [-0.05, 0) is 61.1 Å². The average molecular weight is 727 g/mol. The second kappa shape index (κ2) is 13.2. The first-order chi connectivity index (χ1) is 20.8. The number of nitrogens with one attached hydrogen (secondary N) is 1. The van der Waals surface area contributed by atoms with Crippen molar-refractivity contribution in [2.45, 2.75) is 66.0 Å². The number of epoxide rings is 1. The maximum Gasteiger partial charge on any atom is 0.128 e. The predicted molar refractivity (Wildman–Crippen MR) is 170 cm³/mol. The highest BCUT2D eigenvalue weighted by molar-refractivity contribution is 6.31. The molecule has 3 heterocycles. The van der Waals surface area contributed by atoms with Gasteiger partial charge in [0.15, 0.2) is 0 Å². The average Bonchev–Trinajstić information content (AvgIpc) is 3.93. The standard InChI is InChI=1S/C15H14Cl3FN2O.C12H11Cl2FO.C3H3ClN2/c16-11-2-1-10(12(19)5-11)6-15(22,14(18)3-4-14)8-21-9-20-7-13(21)17;13-9-2-1-8(10(15)5-9)6-12(7-16-12)11(14)3-4-11;4-3-1-5-2-6-3/h1-2,5,7,9,22H,3-4,6,8H2;1-2,5H,3-4,6-7H2;1-2H,(H,5,6). The van der Waals surface area contributed by atoms with E-state index in [1.807, 2.05) is 0 Å². The van der Waals surface area contributed by atoms with Gasteiger partial charge in [0, 0.05) is 22.9 Å². The summed E-state index contributed by atoms with van der Waals surface area (Å²) in [6, 6.07) is 9.14. The lowest BCUT2D eigenvalue weighted by Gasteiger charge is -2.34. The van der Waals surface area contributed by atoms with Gasteiger partial charge in [-0.15, -0.1) is 23.2 Å². The van der Waals surface area contributed by atoms with E-state index in [2.05, 4.69) is 15.0 Å². The summed E-state index contributed by atoms with van der Waals surface area (Å²) in [5, 5.41) is 12.8. The lowest BCUT2D eigenvalue weighted by atomic mass is 9.88. The number of hydrogen-bond acceptors (Lipinski definition) is 4. The van der Waals surface area contributed by atoms with Crippen LogP contribution in [0.5, 0.6) is 0 Å². The summed E-state index contributed by atoms with van der Waals surface area (Å²) in [5.41, 5.74) is -0.652. The van der Waals surface area contributed by atoms with Crippen molar-refractivity contribution in [1.29, 1.82) is 0 Å². The topological polar surface area (TPSA) is 79.3 Å². The zero-order valence-electron chi connectivity index (χ0n) is 23.2. The van der Waals surface area contributed by atoms with Gasteiger partial charge in [-0.1, -0.05) is 58.5 Å². The Kier molecular flexibility index (Phi) is 10.2. The molecule has 7 rings (SSSR count). The summed E-state index contributed by atoms with van der Waals surface area (Å²) < 4.78 is 34.8. The van der Waals surface area contributed by atoms with E-state index < -0.39 is 16.3 Å². The Hall–Kier alpha value is -1.62. The molecule has 2 aromatic heterocycles. The molecular weight excluding hydrogens is 699 g/mol. The number of imidazole rings is 2. The molecule has 3 aliphatic rings. The molecule has 1 aliphatic heterocycles. The van der Waals surface area contributed by atoms with Crippen molar-refractivity contribution in [2.75, 3.05) is 6.61 Å². The van der Waals surface area contributed by atoms with Crippen molar-refractivity contribution < 1.29 is 18.6 Å². The number of H-pyrrole nitrogens is 1. The third kappa shape index (κ3) is 7.84. The molecule has 0 bridgehead atoms. The minimum Gasteiger partial charge on any atom is -0.386 e. The fourth-order valence-electron chi connectivity index (χ4n) is 5.00. The molecule has 2 saturated carbocycles. The molecule has 2 unspecified atom stereocenters. The first-order valence-corrected chi connectivity index (χ1v) is 16.0. The molecule has 2 atom stereocenters. The van der Waals surface area contributed by atoms with Crippen LogP contribution in [0.2, 0.25) is 20.4 Å². The number of halogens is 8. The fraction of sp³-hybridized carbons (Fsp3) is 0.400. The van der Waals surface area contributed by atoms with E-state index in [9.17, 15) is 13.9 Å². The summed E-state index contributed by atoms with van der Waals surface area (Å²) in [6.07, 6.45) is 9.97. The molecule has 2 aliphatic carbocycles. The molecule has 6 nitrogen and oxygen atoms in total. The molecule has 4 aromatic rings. The Balaban J connectivity index is 0.000000151. The van der Waals surface area contributed by atoms with E-state index in [1.165, 1.54) is 31.0 Å². The van der Waals surface area contributed by atoms with Crippen LogP contribution in [0.25, 0.3) is 0 Å². The number of benzene rings is 2. The van der Waals surface area contributed by atoms with Crippen molar-refractivity contribution >= 4 is 69.6 Å². The molecule has 0 amide bonds. The second-order valence-electron chi connectivity index (χ2n) is 11.3. The number of ether oxygens (including phenoxy) is 1. The first kappa shape index (κ1) is 33.7. The van der Waals surface area contributed by atoms with Crippen molar-refractivity contribution in [3.05, 3.63) is 105 Å². The molecule has 2 aromatic carbocycles. The molecule has 0 spiro atoms.